The number of hydrogen-bond donors (Lipinski definition) is 1. The average molecular weight is 471 g/mol. The second-order valence-corrected chi connectivity index (χ2v) is 7.57. The minimum atomic E-state index is -0.251. The summed E-state index contributed by atoms with van der Waals surface area (Å²) < 4.78 is 21.7. The Bertz CT molecular complexity index is 1300. The Morgan fingerprint density at radius 3 is 2.63 bits per heavy atom. The number of ether oxygens (including phenoxy) is 3. The molecule has 1 amide bonds. The predicted octanol–water partition coefficient (Wildman–Crippen LogP) is 5.63. The second-order valence-electron chi connectivity index (χ2n) is 7.57. The third-order valence-corrected chi connectivity index (χ3v) is 5.18. The fraction of sp³-hybridized carbons (Fsp3) is 0.143. The Kier molecular flexibility index (Phi) is 7.81. The van der Waals surface area contributed by atoms with E-state index in [0.717, 1.165) is 16.8 Å². The molecular weight excluding hydrogens is 444 g/mol. The molecule has 0 spiro atoms. The van der Waals surface area contributed by atoms with Crippen LogP contribution in [0.4, 0.5) is 5.69 Å². The summed E-state index contributed by atoms with van der Waals surface area (Å²) >= 11 is 0. The normalized spacial score (nSPS) is 10.8. The summed E-state index contributed by atoms with van der Waals surface area (Å²) in [5, 5.41) is 2.85. The molecule has 4 aromatic rings. The molecule has 0 saturated carbocycles. The third-order valence-electron chi connectivity index (χ3n) is 5.18. The van der Waals surface area contributed by atoms with Crippen molar-refractivity contribution in [3.63, 3.8) is 0 Å². The number of hydrogen-bond acceptors (Lipinski definition) is 6. The number of anilines is 1. The number of furan rings is 1. The topological polar surface area (TPSA) is 82.8 Å². The minimum absolute atomic E-state index is 0.251. The lowest BCUT2D eigenvalue weighted by Gasteiger charge is -2.11. The van der Waals surface area contributed by atoms with Crippen molar-refractivity contribution in [2.75, 3.05) is 26.1 Å². The lowest BCUT2D eigenvalue weighted by molar-refractivity contribution is -0.111. The highest BCUT2D eigenvalue weighted by atomic mass is 16.5. The molecule has 2 heterocycles. The monoisotopic (exact) mass is 470 g/mol. The van der Waals surface area contributed by atoms with E-state index in [0.29, 0.717) is 41.9 Å². The molecule has 0 aliphatic carbocycles. The molecule has 2 aromatic heterocycles. The number of amides is 1. The van der Waals surface area contributed by atoms with Crippen LogP contribution in [0.3, 0.4) is 0 Å². The number of nitrogens with zero attached hydrogens (tertiary/aromatic N) is 1. The Balaban J connectivity index is 1.37. The number of benzene rings is 2. The number of pyridine rings is 1. The molecule has 0 radical (unpaired) electrons. The van der Waals surface area contributed by atoms with E-state index >= 15 is 0 Å². The van der Waals surface area contributed by atoms with Gasteiger partial charge in [0.1, 0.15) is 5.76 Å². The molecule has 178 valence electrons. The smallest absolute Gasteiger partial charge is 0.248 e. The van der Waals surface area contributed by atoms with Gasteiger partial charge < -0.3 is 23.9 Å². The van der Waals surface area contributed by atoms with Crippen molar-refractivity contribution in [3.8, 4) is 28.6 Å². The van der Waals surface area contributed by atoms with Crippen LogP contribution < -0.4 is 19.5 Å². The number of nitrogens with one attached hydrogen (secondary N) is 1. The molecule has 0 saturated heterocycles. The first-order chi connectivity index (χ1) is 17.1. The first-order valence-corrected chi connectivity index (χ1v) is 11.1. The summed E-state index contributed by atoms with van der Waals surface area (Å²) in [4.78, 5) is 16.9. The van der Waals surface area contributed by atoms with Gasteiger partial charge in [0.05, 0.1) is 32.8 Å². The maximum absolute atomic E-state index is 12.2. The molecule has 4 rings (SSSR count). The van der Waals surface area contributed by atoms with Gasteiger partial charge in [-0.2, -0.15) is 0 Å². The molecule has 2 aromatic carbocycles. The lowest BCUT2D eigenvalue weighted by atomic mass is 10.1. The van der Waals surface area contributed by atoms with Gasteiger partial charge in [-0.05, 0) is 54.1 Å². The highest BCUT2D eigenvalue weighted by molar-refractivity contribution is 6.02. The number of methoxy groups -OCH3 is 2. The van der Waals surface area contributed by atoms with Gasteiger partial charge in [-0.1, -0.05) is 24.3 Å². The van der Waals surface area contributed by atoms with Crippen molar-refractivity contribution in [1.29, 1.82) is 0 Å². The van der Waals surface area contributed by atoms with Gasteiger partial charge in [0.15, 0.2) is 11.5 Å². The summed E-state index contributed by atoms with van der Waals surface area (Å²) in [6, 6.07) is 22.5. The summed E-state index contributed by atoms with van der Waals surface area (Å²) in [5.74, 6) is 2.27. The van der Waals surface area contributed by atoms with Crippen molar-refractivity contribution in [2.45, 2.75) is 6.42 Å². The van der Waals surface area contributed by atoms with Crippen molar-refractivity contribution in [2.24, 2.45) is 0 Å². The van der Waals surface area contributed by atoms with E-state index in [1.165, 1.54) is 6.08 Å². The van der Waals surface area contributed by atoms with Crippen molar-refractivity contribution >= 4 is 17.7 Å². The standard InChI is InChI=1S/C28H26N2O5/c1-32-25-13-11-20(18-26(25)33-2)15-17-35-28-10-4-9-24(30-28)21-6-3-7-22(19-21)29-27(31)14-12-23-8-5-16-34-23/h3-14,16,18-19H,15,17H2,1-2H3,(H,29,31). The fourth-order valence-corrected chi connectivity index (χ4v) is 3.45. The zero-order valence-electron chi connectivity index (χ0n) is 19.6. The van der Waals surface area contributed by atoms with Gasteiger partial charge >= 0.3 is 0 Å². The Hall–Kier alpha value is -4.52. The van der Waals surface area contributed by atoms with Gasteiger partial charge in [0.2, 0.25) is 11.8 Å². The van der Waals surface area contributed by atoms with Gasteiger partial charge in [-0.15, -0.1) is 0 Å². The van der Waals surface area contributed by atoms with E-state index in [4.69, 9.17) is 18.6 Å². The van der Waals surface area contributed by atoms with Crippen molar-refractivity contribution in [3.05, 3.63) is 96.5 Å². The number of aromatic nitrogens is 1. The first kappa shape index (κ1) is 23.6. The third kappa shape index (κ3) is 6.51. The molecule has 7 nitrogen and oxygen atoms in total. The highest BCUT2D eigenvalue weighted by Crippen LogP contribution is 2.28. The largest absolute Gasteiger partial charge is 0.493 e. The van der Waals surface area contributed by atoms with E-state index in [1.807, 2.05) is 60.7 Å². The van der Waals surface area contributed by atoms with Crippen LogP contribution in [0.25, 0.3) is 17.3 Å². The predicted molar refractivity (Wildman–Crippen MR) is 135 cm³/mol. The van der Waals surface area contributed by atoms with E-state index in [2.05, 4.69) is 10.3 Å². The molecular formula is C28H26N2O5. The molecule has 0 aliphatic heterocycles. The minimum Gasteiger partial charge on any atom is -0.493 e. The Labute approximate surface area is 204 Å². The van der Waals surface area contributed by atoms with Crippen LogP contribution >= 0.6 is 0 Å². The molecule has 0 aliphatic rings. The van der Waals surface area contributed by atoms with Gasteiger partial charge in [0.25, 0.3) is 0 Å². The molecule has 0 unspecified atom stereocenters. The van der Waals surface area contributed by atoms with Crippen LogP contribution in [0.1, 0.15) is 11.3 Å². The summed E-state index contributed by atoms with van der Waals surface area (Å²) in [5.41, 5.74) is 3.35. The van der Waals surface area contributed by atoms with E-state index in [-0.39, 0.29) is 5.91 Å². The van der Waals surface area contributed by atoms with Crippen LogP contribution in [0.5, 0.6) is 17.4 Å². The maximum Gasteiger partial charge on any atom is 0.248 e. The van der Waals surface area contributed by atoms with Crippen LogP contribution in [0.15, 0.2) is 89.6 Å². The van der Waals surface area contributed by atoms with Crippen LogP contribution in [-0.4, -0.2) is 31.7 Å². The number of carbonyl (C=O) groups excluding carboxylic acids is 1. The van der Waals surface area contributed by atoms with E-state index in [1.54, 1.807) is 38.7 Å². The second kappa shape index (κ2) is 11.6. The maximum atomic E-state index is 12.2. The SMILES string of the molecule is COc1ccc(CCOc2cccc(-c3cccc(NC(=O)C=Cc4ccco4)c3)n2)cc1OC. The summed E-state index contributed by atoms with van der Waals surface area (Å²) in [6.07, 6.45) is 5.29. The van der Waals surface area contributed by atoms with E-state index in [9.17, 15) is 4.79 Å². The van der Waals surface area contributed by atoms with Crippen LogP contribution in [0, 0.1) is 0 Å². The fourth-order valence-electron chi connectivity index (χ4n) is 3.45. The zero-order chi connectivity index (χ0) is 24.5. The Morgan fingerprint density at radius 1 is 0.971 bits per heavy atom. The van der Waals surface area contributed by atoms with Crippen LogP contribution in [0.2, 0.25) is 0 Å². The first-order valence-electron chi connectivity index (χ1n) is 11.1. The van der Waals surface area contributed by atoms with Gasteiger partial charge in [-0.3, -0.25) is 4.79 Å². The Morgan fingerprint density at radius 2 is 1.83 bits per heavy atom. The molecule has 0 bridgehead atoms. The molecule has 35 heavy (non-hydrogen) atoms. The lowest BCUT2D eigenvalue weighted by Crippen LogP contribution is -2.07. The number of rotatable bonds is 10. The highest BCUT2D eigenvalue weighted by Gasteiger charge is 2.07. The average Bonchev–Trinajstić information content (AvgIpc) is 3.41. The van der Waals surface area contributed by atoms with Crippen LogP contribution in [-0.2, 0) is 11.2 Å². The van der Waals surface area contributed by atoms with Gasteiger partial charge in [0, 0.05) is 29.8 Å². The van der Waals surface area contributed by atoms with Gasteiger partial charge in [-0.25, -0.2) is 4.98 Å². The van der Waals surface area contributed by atoms with Crippen molar-refractivity contribution < 1.29 is 23.4 Å². The number of carbonyl (C=O) groups is 1. The zero-order valence-corrected chi connectivity index (χ0v) is 19.6. The van der Waals surface area contributed by atoms with Crippen molar-refractivity contribution in [1.82, 2.24) is 4.98 Å². The molecule has 7 heteroatoms. The summed E-state index contributed by atoms with van der Waals surface area (Å²) in [6.45, 7) is 0.462. The molecule has 1 N–H and O–H groups in total. The quantitative estimate of drug-likeness (QED) is 0.302. The molecule has 0 atom stereocenters. The summed E-state index contributed by atoms with van der Waals surface area (Å²) in [7, 11) is 3.23. The van der Waals surface area contributed by atoms with E-state index < -0.39 is 0 Å². The molecule has 0 fully saturated rings.